The van der Waals surface area contributed by atoms with Crippen LogP contribution in [0.3, 0.4) is 0 Å². The van der Waals surface area contributed by atoms with Gasteiger partial charge >= 0.3 is 0 Å². The van der Waals surface area contributed by atoms with Crippen LogP contribution in [0.15, 0.2) is 85.6 Å². The Balaban J connectivity index is 1.45. The molecule has 0 aliphatic carbocycles. The minimum absolute atomic E-state index is 0.951. The maximum Gasteiger partial charge on any atom is 0.0780 e. The predicted octanol–water partition coefficient (Wildman–Crippen LogP) is 6.37. The summed E-state index contributed by atoms with van der Waals surface area (Å²) < 4.78 is 0. The third-order valence-electron chi connectivity index (χ3n) is 6.51. The molecule has 0 fully saturated rings. The van der Waals surface area contributed by atoms with Crippen molar-refractivity contribution in [2.45, 2.75) is 26.3 Å². The Morgan fingerprint density at radius 1 is 0.941 bits per heavy atom. The lowest BCUT2D eigenvalue weighted by molar-refractivity contribution is 0.270. The number of hydrogen-bond donors (Lipinski definition) is 1. The summed E-state index contributed by atoms with van der Waals surface area (Å²) in [7, 11) is 2.02. The number of rotatable bonds is 11. The highest BCUT2D eigenvalue weighted by Gasteiger charge is 2.09. The summed E-state index contributed by atoms with van der Waals surface area (Å²) in [5, 5.41) is 4.48. The number of pyridine rings is 1. The first-order valence-electron chi connectivity index (χ1n) is 12.3. The van der Waals surface area contributed by atoms with E-state index in [1.807, 2.05) is 25.4 Å². The third kappa shape index (κ3) is 5.80. The fourth-order valence-corrected chi connectivity index (χ4v) is 4.53. The standard InChI is InChI=1S/C31H35N3/c1-4-26-14-13-25(22-27(26)5-2)23-34(21-19-32-3)20-17-24-11-15-28(16-12-24)30-10-6-8-29-9-7-18-33-31(29)30/h5-16,18,22,32H,2,4,17,19-21,23H2,1,3H3. The van der Waals surface area contributed by atoms with E-state index in [-0.39, 0.29) is 0 Å². The van der Waals surface area contributed by atoms with Crippen LogP contribution >= 0.6 is 0 Å². The van der Waals surface area contributed by atoms with Gasteiger partial charge < -0.3 is 5.32 Å². The minimum Gasteiger partial charge on any atom is -0.318 e. The molecule has 0 bridgehead atoms. The van der Waals surface area contributed by atoms with E-state index in [9.17, 15) is 0 Å². The van der Waals surface area contributed by atoms with Gasteiger partial charge in [0.1, 0.15) is 0 Å². The molecule has 3 aromatic carbocycles. The Bertz CT molecular complexity index is 1220. The van der Waals surface area contributed by atoms with Gasteiger partial charge in [-0.05, 0) is 53.8 Å². The van der Waals surface area contributed by atoms with Crippen LogP contribution in [0.1, 0.15) is 29.2 Å². The van der Waals surface area contributed by atoms with Gasteiger partial charge in [0.05, 0.1) is 5.52 Å². The fourth-order valence-electron chi connectivity index (χ4n) is 4.53. The monoisotopic (exact) mass is 449 g/mol. The van der Waals surface area contributed by atoms with Crippen LogP contribution in [0.2, 0.25) is 0 Å². The number of aryl methyl sites for hydroxylation is 1. The van der Waals surface area contributed by atoms with Crippen LogP contribution in [0.4, 0.5) is 0 Å². The van der Waals surface area contributed by atoms with Crippen LogP contribution < -0.4 is 5.32 Å². The van der Waals surface area contributed by atoms with Crippen LogP contribution in [-0.2, 0) is 19.4 Å². The quantitative estimate of drug-likeness (QED) is 0.288. The average Bonchev–Trinajstić information content (AvgIpc) is 2.90. The summed E-state index contributed by atoms with van der Waals surface area (Å²) in [5.41, 5.74) is 8.79. The molecule has 1 N–H and O–H groups in total. The van der Waals surface area contributed by atoms with Gasteiger partial charge in [-0.15, -0.1) is 0 Å². The SMILES string of the molecule is C=Cc1cc(CN(CCNC)CCc2ccc(-c3cccc4cccnc34)cc2)ccc1CC. The molecule has 0 unspecified atom stereocenters. The molecule has 3 heteroatoms. The maximum atomic E-state index is 4.61. The lowest BCUT2D eigenvalue weighted by atomic mass is 10.00. The largest absolute Gasteiger partial charge is 0.318 e. The van der Waals surface area contributed by atoms with Crippen molar-refractivity contribution in [3.05, 3.63) is 108 Å². The minimum atomic E-state index is 0.951. The summed E-state index contributed by atoms with van der Waals surface area (Å²) in [4.78, 5) is 7.15. The average molecular weight is 450 g/mol. The number of likely N-dealkylation sites (N-methyl/N-ethyl adjacent to an activating group) is 1. The molecule has 0 aliphatic rings. The fraction of sp³-hybridized carbons (Fsp3) is 0.258. The molecule has 4 rings (SSSR count). The van der Waals surface area contributed by atoms with Gasteiger partial charge in [-0.3, -0.25) is 9.88 Å². The molecule has 1 aromatic heterocycles. The van der Waals surface area contributed by atoms with Crippen molar-refractivity contribution in [2.24, 2.45) is 0 Å². The summed E-state index contributed by atoms with van der Waals surface area (Å²) in [6, 6.07) is 26.3. The van der Waals surface area contributed by atoms with Crippen LogP contribution in [0.25, 0.3) is 28.1 Å². The summed E-state index contributed by atoms with van der Waals surface area (Å²) in [5.74, 6) is 0. The maximum absolute atomic E-state index is 4.61. The number of nitrogens with one attached hydrogen (secondary N) is 1. The van der Waals surface area contributed by atoms with E-state index in [4.69, 9.17) is 0 Å². The summed E-state index contributed by atoms with van der Waals surface area (Å²) >= 11 is 0. The van der Waals surface area contributed by atoms with E-state index >= 15 is 0 Å². The van der Waals surface area contributed by atoms with Gasteiger partial charge in [0.25, 0.3) is 0 Å². The van der Waals surface area contributed by atoms with Crippen molar-refractivity contribution < 1.29 is 0 Å². The highest BCUT2D eigenvalue weighted by Crippen LogP contribution is 2.27. The Hall–Kier alpha value is -3.27. The predicted molar refractivity (Wildman–Crippen MR) is 146 cm³/mol. The number of fused-ring (bicyclic) bond motifs is 1. The van der Waals surface area contributed by atoms with Gasteiger partial charge in [0, 0.05) is 43.3 Å². The molecule has 174 valence electrons. The zero-order valence-electron chi connectivity index (χ0n) is 20.4. The summed E-state index contributed by atoms with van der Waals surface area (Å²) in [6.07, 6.45) is 5.91. The van der Waals surface area contributed by atoms with Gasteiger partial charge in [-0.1, -0.05) is 86.3 Å². The van der Waals surface area contributed by atoms with Gasteiger partial charge in [-0.2, -0.15) is 0 Å². The summed E-state index contributed by atoms with van der Waals surface area (Å²) in [6.45, 7) is 10.2. The molecular formula is C31H35N3. The first-order valence-corrected chi connectivity index (χ1v) is 12.3. The van der Waals surface area contributed by atoms with E-state index in [0.717, 1.165) is 44.5 Å². The smallest absolute Gasteiger partial charge is 0.0780 e. The van der Waals surface area contributed by atoms with Crippen LogP contribution in [0, 0.1) is 0 Å². The zero-order valence-corrected chi connectivity index (χ0v) is 20.4. The molecule has 0 aliphatic heterocycles. The second-order valence-corrected chi connectivity index (χ2v) is 8.80. The second-order valence-electron chi connectivity index (χ2n) is 8.80. The lowest BCUT2D eigenvalue weighted by Gasteiger charge is -2.23. The molecule has 1 heterocycles. The Morgan fingerprint density at radius 3 is 2.50 bits per heavy atom. The molecule has 0 saturated carbocycles. The Kier molecular flexibility index (Phi) is 8.24. The Morgan fingerprint density at radius 2 is 1.74 bits per heavy atom. The van der Waals surface area contributed by atoms with Crippen molar-refractivity contribution in [2.75, 3.05) is 26.7 Å². The third-order valence-corrected chi connectivity index (χ3v) is 6.51. The first kappa shape index (κ1) is 23.9. The first-order chi connectivity index (χ1) is 16.7. The molecule has 34 heavy (non-hydrogen) atoms. The van der Waals surface area contributed by atoms with Crippen molar-refractivity contribution >= 4 is 17.0 Å². The molecule has 0 spiro atoms. The molecule has 3 nitrogen and oxygen atoms in total. The van der Waals surface area contributed by atoms with E-state index in [1.54, 1.807) is 0 Å². The van der Waals surface area contributed by atoms with Gasteiger partial charge in [0.15, 0.2) is 0 Å². The number of aromatic nitrogens is 1. The van der Waals surface area contributed by atoms with Crippen LogP contribution in [-0.4, -0.2) is 36.6 Å². The number of benzene rings is 3. The van der Waals surface area contributed by atoms with E-state index in [0.29, 0.717) is 0 Å². The topological polar surface area (TPSA) is 28.2 Å². The van der Waals surface area contributed by atoms with E-state index in [2.05, 4.69) is 95.4 Å². The van der Waals surface area contributed by atoms with Crippen LogP contribution in [0.5, 0.6) is 0 Å². The molecule has 0 saturated heterocycles. The lowest BCUT2D eigenvalue weighted by Crippen LogP contribution is -2.32. The van der Waals surface area contributed by atoms with Crippen molar-refractivity contribution in [1.29, 1.82) is 0 Å². The molecule has 4 aromatic rings. The molecule has 0 amide bonds. The van der Waals surface area contributed by atoms with Gasteiger partial charge in [0.2, 0.25) is 0 Å². The zero-order chi connectivity index (χ0) is 23.8. The normalized spacial score (nSPS) is 11.3. The second kappa shape index (κ2) is 11.7. The van der Waals surface area contributed by atoms with E-state index < -0.39 is 0 Å². The highest BCUT2D eigenvalue weighted by atomic mass is 15.1. The molecular weight excluding hydrogens is 414 g/mol. The van der Waals surface area contributed by atoms with Gasteiger partial charge in [-0.25, -0.2) is 0 Å². The number of para-hydroxylation sites is 1. The highest BCUT2D eigenvalue weighted by molar-refractivity contribution is 5.93. The van der Waals surface area contributed by atoms with Crippen molar-refractivity contribution in [1.82, 2.24) is 15.2 Å². The van der Waals surface area contributed by atoms with Crippen molar-refractivity contribution in [3.8, 4) is 11.1 Å². The van der Waals surface area contributed by atoms with E-state index in [1.165, 1.54) is 38.8 Å². The number of hydrogen-bond acceptors (Lipinski definition) is 3. The number of nitrogens with zero attached hydrogens (tertiary/aromatic N) is 2. The molecule has 0 radical (unpaired) electrons. The molecule has 0 atom stereocenters. The van der Waals surface area contributed by atoms with Crippen molar-refractivity contribution in [3.63, 3.8) is 0 Å². The Labute approximate surface area is 204 Å².